The SMILES string of the molecule is COc1ccc(Cc2nnc(SCc3cccc(C(=O)O)c3)n2N)cc1. The molecule has 0 aliphatic carbocycles. The number of thioether (sulfide) groups is 1. The van der Waals surface area contributed by atoms with E-state index in [0.29, 0.717) is 23.2 Å². The van der Waals surface area contributed by atoms with Crippen molar-refractivity contribution >= 4 is 17.7 Å². The first kappa shape index (κ1) is 17.8. The fraction of sp³-hybridized carbons (Fsp3) is 0.167. The van der Waals surface area contributed by atoms with E-state index >= 15 is 0 Å². The fourth-order valence-electron chi connectivity index (χ4n) is 2.39. The molecule has 3 N–H and O–H groups in total. The topological polar surface area (TPSA) is 103 Å². The molecule has 0 spiro atoms. The maximum Gasteiger partial charge on any atom is 0.335 e. The Morgan fingerprint density at radius 2 is 1.96 bits per heavy atom. The Balaban J connectivity index is 1.66. The van der Waals surface area contributed by atoms with Gasteiger partial charge in [0.05, 0.1) is 12.7 Å². The van der Waals surface area contributed by atoms with Crippen LogP contribution in [-0.2, 0) is 12.2 Å². The van der Waals surface area contributed by atoms with Gasteiger partial charge in [0, 0.05) is 12.2 Å². The highest BCUT2D eigenvalue weighted by molar-refractivity contribution is 7.98. The van der Waals surface area contributed by atoms with Gasteiger partial charge in [0.1, 0.15) is 5.75 Å². The number of methoxy groups -OCH3 is 1. The van der Waals surface area contributed by atoms with Gasteiger partial charge in [-0.3, -0.25) is 0 Å². The summed E-state index contributed by atoms with van der Waals surface area (Å²) >= 11 is 1.41. The van der Waals surface area contributed by atoms with E-state index in [1.54, 1.807) is 25.3 Å². The van der Waals surface area contributed by atoms with E-state index in [1.165, 1.54) is 16.4 Å². The molecule has 134 valence electrons. The lowest BCUT2D eigenvalue weighted by atomic mass is 10.1. The first-order valence-electron chi connectivity index (χ1n) is 7.84. The highest BCUT2D eigenvalue weighted by atomic mass is 32.2. The van der Waals surface area contributed by atoms with Crippen LogP contribution in [0, 0.1) is 0 Å². The number of nitrogens with two attached hydrogens (primary N) is 1. The third-order valence-electron chi connectivity index (χ3n) is 3.80. The molecule has 1 heterocycles. The number of aromatic nitrogens is 3. The van der Waals surface area contributed by atoms with Crippen molar-refractivity contribution in [3.05, 3.63) is 71.0 Å². The van der Waals surface area contributed by atoms with Crippen molar-refractivity contribution in [1.29, 1.82) is 0 Å². The molecule has 0 bridgehead atoms. The molecular formula is C18H18N4O3S. The summed E-state index contributed by atoms with van der Waals surface area (Å²) in [4.78, 5) is 11.0. The monoisotopic (exact) mass is 370 g/mol. The van der Waals surface area contributed by atoms with Gasteiger partial charge in [0.2, 0.25) is 5.16 Å². The summed E-state index contributed by atoms with van der Waals surface area (Å²) in [6, 6.07) is 14.5. The number of aromatic carboxylic acids is 1. The number of carbonyl (C=O) groups is 1. The van der Waals surface area contributed by atoms with Gasteiger partial charge in [-0.1, -0.05) is 36.0 Å². The van der Waals surface area contributed by atoms with Crippen LogP contribution in [0.2, 0.25) is 0 Å². The van der Waals surface area contributed by atoms with Gasteiger partial charge in [-0.25, -0.2) is 9.47 Å². The average molecular weight is 370 g/mol. The zero-order valence-corrected chi connectivity index (χ0v) is 14.9. The van der Waals surface area contributed by atoms with Gasteiger partial charge in [-0.15, -0.1) is 10.2 Å². The van der Waals surface area contributed by atoms with E-state index in [2.05, 4.69) is 10.2 Å². The average Bonchev–Trinajstić information content (AvgIpc) is 3.00. The van der Waals surface area contributed by atoms with Crippen molar-refractivity contribution in [3.8, 4) is 5.75 Å². The van der Waals surface area contributed by atoms with E-state index in [9.17, 15) is 4.79 Å². The molecule has 0 atom stereocenters. The largest absolute Gasteiger partial charge is 0.497 e. The van der Waals surface area contributed by atoms with E-state index < -0.39 is 5.97 Å². The summed E-state index contributed by atoms with van der Waals surface area (Å²) in [6.07, 6.45) is 0.558. The van der Waals surface area contributed by atoms with Crippen LogP contribution in [0.3, 0.4) is 0 Å². The Morgan fingerprint density at radius 3 is 2.65 bits per heavy atom. The third kappa shape index (κ3) is 4.15. The number of hydrogen-bond acceptors (Lipinski definition) is 6. The quantitative estimate of drug-likeness (QED) is 0.487. The lowest BCUT2D eigenvalue weighted by Crippen LogP contribution is -2.14. The van der Waals surface area contributed by atoms with Crippen molar-refractivity contribution in [3.63, 3.8) is 0 Å². The second kappa shape index (κ2) is 7.92. The summed E-state index contributed by atoms with van der Waals surface area (Å²) in [5, 5.41) is 17.9. The maximum atomic E-state index is 11.0. The summed E-state index contributed by atoms with van der Waals surface area (Å²) in [5.74, 6) is 7.16. The molecule has 0 amide bonds. The summed E-state index contributed by atoms with van der Waals surface area (Å²) < 4.78 is 6.61. The van der Waals surface area contributed by atoms with Crippen LogP contribution in [-0.4, -0.2) is 33.1 Å². The van der Waals surface area contributed by atoms with Crippen molar-refractivity contribution in [2.45, 2.75) is 17.3 Å². The molecule has 0 radical (unpaired) electrons. The van der Waals surface area contributed by atoms with Crippen LogP contribution in [0.1, 0.15) is 27.3 Å². The van der Waals surface area contributed by atoms with Crippen molar-refractivity contribution in [1.82, 2.24) is 14.9 Å². The van der Waals surface area contributed by atoms with E-state index in [-0.39, 0.29) is 5.56 Å². The summed E-state index contributed by atoms with van der Waals surface area (Å²) in [7, 11) is 1.63. The second-order valence-corrected chi connectivity index (χ2v) is 6.53. The van der Waals surface area contributed by atoms with Crippen LogP contribution < -0.4 is 10.6 Å². The Hall–Kier alpha value is -3.00. The molecule has 3 rings (SSSR count). The predicted octanol–water partition coefficient (Wildman–Crippen LogP) is 2.58. The fourth-order valence-corrected chi connectivity index (χ4v) is 3.21. The van der Waals surface area contributed by atoms with Crippen LogP contribution in [0.4, 0.5) is 0 Å². The molecule has 3 aromatic rings. The minimum atomic E-state index is -0.944. The Kier molecular flexibility index (Phi) is 5.43. The first-order chi connectivity index (χ1) is 12.6. The molecule has 26 heavy (non-hydrogen) atoms. The first-order valence-corrected chi connectivity index (χ1v) is 8.82. The minimum absolute atomic E-state index is 0.262. The molecule has 1 aromatic heterocycles. The number of carboxylic acids is 1. The van der Waals surface area contributed by atoms with Crippen molar-refractivity contribution in [2.24, 2.45) is 0 Å². The molecule has 0 saturated heterocycles. The number of nitrogen functional groups attached to an aromatic ring is 1. The van der Waals surface area contributed by atoms with Gasteiger partial charge in [-0.05, 0) is 35.4 Å². The number of nitrogens with zero attached hydrogens (tertiary/aromatic N) is 3. The van der Waals surface area contributed by atoms with Crippen LogP contribution in [0.15, 0.2) is 53.7 Å². The molecule has 0 aliphatic heterocycles. The Labute approximate surface area is 154 Å². The number of rotatable bonds is 7. The molecule has 0 aliphatic rings. The molecule has 2 aromatic carbocycles. The van der Waals surface area contributed by atoms with E-state index in [4.69, 9.17) is 15.7 Å². The highest BCUT2D eigenvalue weighted by Crippen LogP contribution is 2.22. The van der Waals surface area contributed by atoms with Crippen LogP contribution >= 0.6 is 11.8 Å². The zero-order chi connectivity index (χ0) is 18.5. The maximum absolute atomic E-state index is 11.0. The minimum Gasteiger partial charge on any atom is -0.497 e. The van der Waals surface area contributed by atoms with Gasteiger partial charge < -0.3 is 15.7 Å². The number of hydrogen-bond donors (Lipinski definition) is 2. The molecule has 0 fully saturated rings. The lowest BCUT2D eigenvalue weighted by molar-refractivity contribution is 0.0697. The predicted molar refractivity (Wildman–Crippen MR) is 98.9 cm³/mol. The van der Waals surface area contributed by atoms with Crippen LogP contribution in [0.25, 0.3) is 0 Å². The number of ether oxygens (including phenoxy) is 1. The summed E-state index contributed by atoms with van der Waals surface area (Å²) in [6.45, 7) is 0. The molecule has 8 heteroatoms. The van der Waals surface area contributed by atoms with E-state index in [0.717, 1.165) is 16.9 Å². The lowest BCUT2D eigenvalue weighted by Gasteiger charge is -2.05. The molecular weight excluding hydrogens is 352 g/mol. The van der Waals surface area contributed by atoms with E-state index in [1.807, 2.05) is 30.3 Å². The number of benzene rings is 2. The standard InChI is InChI=1S/C18H18N4O3S/c1-25-15-7-5-12(6-8-15)10-16-20-21-18(22(16)19)26-11-13-3-2-4-14(9-13)17(23)24/h2-9H,10-11,19H2,1H3,(H,23,24). The summed E-state index contributed by atoms with van der Waals surface area (Å²) in [5.41, 5.74) is 2.20. The zero-order valence-electron chi connectivity index (χ0n) is 14.1. The normalized spacial score (nSPS) is 10.7. The van der Waals surface area contributed by atoms with Crippen LogP contribution in [0.5, 0.6) is 5.75 Å². The van der Waals surface area contributed by atoms with Gasteiger partial charge in [0.15, 0.2) is 5.82 Å². The Bertz CT molecular complexity index is 909. The molecule has 0 unspecified atom stereocenters. The highest BCUT2D eigenvalue weighted by Gasteiger charge is 2.12. The van der Waals surface area contributed by atoms with Crippen molar-refractivity contribution in [2.75, 3.05) is 13.0 Å². The van der Waals surface area contributed by atoms with Gasteiger partial charge >= 0.3 is 5.97 Å². The smallest absolute Gasteiger partial charge is 0.335 e. The van der Waals surface area contributed by atoms with Gasteiger partial charge in [0.25, 0.3) is 0 Å². The second-order valence-electron chi connectivity index (χ2n) is 5.59. The Morgan fingerprint density at radius 1 is 1.19 bits per heavy atom. The van der Waals surface area contributed by atoms with Gasteiger partial charge in [-0.2, -0.15) is 0 Å². The third-order valence-corrected chi connectivity index (χ3v) is 4.81. The molecule has 7 nitrogen and oxygen atoms in total. The van der Waals surface area contributed by atoms with Crippen molar-refractivity contribution < 1.29 is 14.6 Å². The number of carboxylic acid groups (broad SMARTS) is 1. The molecule has 0 saturated carbocycles.